The van der Waals surface area contributed by atoms with Crippen molar-refractivity contribution in [3.05, 3.63) is 41.8 Å². The van der Waals surface area contributed by atoms with Gasteiger partial charge in [-0.15, -0.1) is 0 Å². The Kier molecular flexibility index (Phi) is 6.06. The first-order valence-electron chi connectivity index (χ1n) is 10.6. The predicted octanol–water partition coefficient (Wildman–Crippen LogP) is 4.42. The molecule has 0 aromatic carbocycles. The van der Waals surface area contributed by atoms with E-state index < -0.39 is 11.7 Å². The van der Waals surface area contributed by atoms with E-state index in [0.717, 1.165) is 36.0 Å². The molecule has 3 N–H and O–H groups in total. The normalized spacial score (nSPS) is 16.8. The highest BCUT2D eigenvalue weighted by Crippen LogP contribution is 2.32. The summed E-state index contributed by atoms with van der Waals surface area (Å²) < 4.78 is 5.42. The molecule has 3 aromatic heterocycles. The van der Waals surface area contributed by atoms with Crippen LogP contribution in [0.3, 0.4) is 0 Å². The number of amides is 1. The summed E-state index contributed by atoms with van der Waals surface area (Å²) in [5, 5.41) is 4.30. The van der Waals surface area contributed by atoms with Crippen LogP contribution < -0.4 is 16.0 Å². The third kappa shape index (κ3) is 5.02. The molecule has 4 rings (SSSR count). The fraction of sp³-hybridized carbons (Fsp3) is 0.391. The van der Waals surface area contributed by atoms with Gasteiger partial charge in [0.25, 0.3) is 0 Å². The van der Waals surface area contributed by atoms with Crippen LogP contribution in [0, 0.1) is 0 Å². The summed E-state index contributed by atoms with van der Waals surface area (Å²) in [6, 6.07) is 7.29. The van der Waals surface area contributed by atoms with Crippen molar-refractivity contribution in [1.29, 1.82) is 0 Å². The zero-order valence-electron chi connectivity index (χ0n) is 18.4. The van der Waals surface area contributed by atoms with Gasteiger partial charge in [-0.1, -0.05) is 11.6 Å². The van der Waals surface area contributed by atoms with Gasteiger partial charge in [0.1, 0.15) is 16.4 Å². The van der Waals surface area contributed by atoms with Crippen molar-refractivity contribution < 1.29 is 9.53 Å². The quantitative estimate of drug-likeness (QED) is 0.564. The van der Waals surface area contributed by atoms with Crippen LogP contribution in [0.2, 0.25) is 5.15 Å². The van der Waals surface area contributed by atoms with Gasteiger partial charge in [-0.2, -0.15) is 0 Å². The Morgan fingerprint density at radius 1 is 1.28 bits per heavy atom. The molecular formula is C23H27ClN6O2. The Hall–Kier alpha value is -3.13. The highest BCUT2D eigenvalue weighted by atomic mass is 35.5. The maximum atomic E-state index is 12.2. The topological polar surface area (TPSA) is 106 Å². The average Bonchev–Trinajstić information content (AvgIpc) is 2.73. The lowest BCUT2D eigenvalue weighted by Gasteiger charge is -2.35. The molecule has 4 heterocycles. The molecule has 1 fully saturated rings. The number of carbonyl (C=O) groups excluding carboxylic acids is 1. The summed E-state index contributed by atoms with van der Waals surface area (Å²) in [4.78, 5) is 27.8. The number of halogens is 1. The fourth-order valence-corrected chi connectivity index (χ4v) is 4.03. The first-order valence-corrected chi connectivity index (χ1v) is 11.0. The molecule has 8 nitrogen and oxygen atoms in total. The van der Waals surface area contributed by atoms with Crippen LogP contribution in [-0.4, -0.2) is 45.8 Å². The van der Waals surface area contributed by atoms with Crippen LogP contribution in [-0.2, 0) is 4.74 Å². The predicted molar refractivity (Wildman–Crippen MR) is 127 cm³/mol. The number of anilines is 2. The highest BCUT2D eigenvalue weighted by molar-refractivity contribution is 6.29. The second kappa shape index (κ2) is 8.78. The van der Waals surface area contributed by atoms with Crippen molar-refractivity contribution in [2.24, 2.45) is 0 Å². The molecule has 0 aliphatic carbocycles. The molecule has 1 aliphatic rings. The Balaban J connectivity index is 1.62. The number of nitrogens with two attached hydrogens (primary N) is 1. The largest absolute Gasteiger partial charge is 0.444 e. The van der Waals surface area contributed by atoms with E-state index in [9.17, 15) is 4.79 Å². The molecule has 32 heavy (non-hydrogen) atoms. The first kappa shape index (κ1) is 22.1. The summed E-state index contributed by atoms with van der Waals surface area (Å²) in [6.45, 7) is 7.12. The van der Waals surface area contributed by atoms with E-state index in [4.69, 9.17) is 22.1 Å². The number of nitrogens with one attached hydrogen (secondary N) is 1. The van der Waals surface area contributed by atoms with Crippen molar-refractivity contribution in [3.8, 4) is 11.4 Å². The van der Waals surface area contributed by atoms with E-state index in [-0.39, 0.29) is 6.04 Å². The molecule has 168 valence electrons. The first-order chi connectivity index (χ1) is 15.2. The average molecular weight is 455 g/mol. The van der Waals surface area contributed by atoms with E-state index in [0.29, 0.717) is 28.8 Å². The third-order valence-corrected chi connectivity index (χ3v) is 5.43. The van der Waals surface area contributed by atoms with Gasteiger partial charge in [0.05, 0.1) is 23.1 Å². The third-order valence-electron chi connectivity index (χ3n) is 5.22. The molecule has 0 spiro atoms. The summed E-state index contributed by atoms with van der Waals surface area (Å²) in [6.07, 6.45) is 4.95. The van der Waals surface area contributed by atoms with Gasteiger partial charge < -0.3 is 20.7 Å². The second-order valence-electron chi connectivity index (χ2n) is 8.92. The van der Waals surface area contributed by atoms with Crippen molar-refractivity contribution in [1.82, 2.24) is 20.3 Å². The smallest absolute Gasteiger partial charge is 0.407 e. The van der Waals surface area contributed by atoms with Crippen LogP contribution in [0.1, 0.15) is 33.6 Å². The molecule has 1 unspecified atom stereocenters. The van der Waals surface area contributed by atoms with Gasteiger partial charge in [0.2, 0.25) is 0 Å². The Morgan fingerprint density at radius 2 is 2.09 bits per heavy atom. The highest BCUT2D eigenvalue weighted by Gasteiger charge is 2.25. The molecule has 3 aromatic rings. The van der Waals surface area contributed by atoms with Gasteiger partial charge in [-0.3, -0.25) is 9.97 Å². The number of hydrogen-bond acceptors (Lipinski definition) is 7. The minimum atomic E-state index is -0.528. The second-order valence-corrected chi connectivity index (χ2v) is 9.31. The Morgan fingerprint density at radius 3 is 2.88 bits per heavy atom. The summed E-state index contributed by atoms with van der Waals surface area (Å²) in [5.74, 6) is 0. The number of pyridine rings is 3. The number of hydrogen-bond donors (Lipinski definition) is 2. The van der Waals surface area contributed by atoms with Crippen molar-refractivity contribution >= 4 is 40.0 Å². The lowest BCUT2D eigenvalue weighted by molar-refractivity contribution is 0.0500. The molecule has 9 heteroatoms. The number of ether oxygens (including phenoxy) is 1. The molecule has 1 amide bonds. The van der Waals surface area contributed by atoms with Crippen LogP contribution >= 0.6 is 11.6 Å². The monoisotopic (exact) mass is 454 g/mol. The van der Waals surface area contributed by atoms with E-state index in [1.165, 1.54) is 0 Å². The standard InChI is InChI=1S/C23H27ClN6O2/c1-23(2,3)32-22(31)28-14-5-4-10-30(13-14)19-8-9-26-18-12-27-17(11-15(18)19)21-16(25)6-7-20(24)29-21/h6-9,11-12,14H,4-5,10,13,25H2,1-3H3,(H,28,31). The molecule has 0 radical (unpaired) electrons. The number of carbonyl (C=O) groups is 1. The van der Waals surface area contributed by atoms with Crippen LogP contribution in [0.5, 0.6) is 0 Å². The van der Waals surface area contributed by atoms with Gasteiger partial charge in [-0.05, 0) is 57.9 Å². The molecule has 1 atom stereocenters. The summed E-state index contributed by atoms with van der Waals surface area (Å²) in [7, 11) is 0. The maximum absolute atomic E-state index is 12.2. The van der Waals surface area contributed by atoms with E-state index in [1.807, 2.05) is 32.9 Å². The summed E-state index contributed by atoms with van der Waals surface area (Å²) >= 11 is 6.08. The van der Waals surface area contributed by atoms with Gasteiger partial charge in [0, 0.05) is 36.4 Å². The van der Waals surface area contributed by atoms with Crippen molar-refractivity contribution in [2.45, 2.75) is 45.3 Å². The maximum Gasteiger partial charge on any atom is 0.407 e. The molecule has 0 saturated carbocycles. The van der Waals surface area contributed by atoms with Crippen molar-refractivity contribution in [3.63, 3.8) is 0 Å². The lowest BCUT2D eigenvalue weighted by Crippen LogP contribution is -2.49. The van der Waals surface area contributed by atoms with Crippen LogP contribution in [0.25, 0.3) is 22.3 Å². The number of rotatable bonds is 3. The minimum absolute atomic E-state index is 0.00614. The van der Waals surface area contributed by atoms with Crippen LogP contribution in [0.15, 0.2) is 36.7 Å². The van der Waals surface area contributed by atoms with E-state index in [2.05, 4.69) is 25.2 Å². The number of fused-ring (bicyclic) bond motifs is 1. The SMILES string of the molecule is CC(C)(C)OC(=O)NC1CCCN(c2ccnc3cnc(-c4nc(Cl)ccc4N)cc23)C1. The van der Waals surface area contributed by atoms with Gasteiger partial charge >= 0.3 is 6.09 Å². The van der Waals surface area contributed by atoms with E-state index >= 15 is 0 Å². The zero-order chi connectivity index (χ0) is 22.9. The number of nitrogen functional groups attached to an aromatic ring is 1. The Labute approximate surface area is 192 Å². The van der Waals surface area contributed by atoms with E-state index in [1.54, 1.807) is 24.5 Å². The molecule has 1 aliphatic heterocycles. The number of nitrogens with zero attached hydrogens (tertiary/aromatic N) is 4. The number of piperidine rings is 1. The molecule has 0 bridgehead atoms. The summed E-state index contributed by atoms with van der Waals surface area (Å²) in [5.41, 5.74) is 9.06. The zero-order valence-corrected chi connectivity index (χ0v) is 19.2. The molecular weight excluding hydrogens is 428 g/mol. The van der Waals surface area contributed by atoms with Gasteiger partial charge in [-0.25, -0.2) is 9.78 Å². The van der Waals surface area contributed by atoms with Crippen molar-refractivity contribution in [2.75, 3.05) is 23.7 Å². The van der Waals surface area contributed by atoms with Gasteiger partial charge in [0.15, 0.2) is 0 Å². The minimum Gasteiger partial charge on any atom is -0.444 e. The fourth-order valence-electron chi connectivity index (χ4n) is 3.88. The lowest BCUT2D eigenvalue weighted by atomic mass is 10.0. The molecule has 1 saturated heterocycles. The Bertz CT molecular complexity index is 1150. The van der Waals surface area contributed by atoms with Crippen LogP contribution in [0.4, 0.5) is 16.2 Å². The number of alkyl carbamates (subject to hydrolysis) is 1. The number of aromatic nitrogens is 3.